The van der Waals surface area contributed by atoms with Gasteiger partial charge in [-0.25, -0.2) is 9.28 Å². The predicted octanol–water partition coefficient (Wildman–Crippen LogP) is 2.76. The van der Waals surface area contributed by atoms with Crippen LogP contribution in [0.2, 0.25) is 0 Å². The number of hydrogen-bond donors (Lipinski definition) is 0. The third-order valence-corrected chi connectivity index (χ3v) is 2.49. The molecule has 1 unspecified atom stereocenters. The summed E-state index contributed by atoms with van der Waals surface area (Å²) in [5.74, 6) is -1.26. The van der Waals surface area contributed by atoms with E-state index in [1.54, 1.807) is 19.1 Å². The van der Waals surface area contributed by atoms with E-state index in [1.165, 1.54) is 12.1 Å². The van der Waals surface area contributed by atoms with Crippen LogP contribution in [0.15, 0.2) is 24.3 Å². The van der Waals surface area contributed by atoms with Gasteiger partial charge in [0.25, 0.3) is 0 Å². The molecule has 3 nitrogen and oxygen atoms in total. The standard InChI is InChI=1S/C12H15FO3/c1-11(2)8-14-12(3,16-15-11)9-4-6-10(13)7-5-9/h4-7H,8H2,1-3H3. The molecule has 1 fully saturated rings. The van der Waals surface area contributed by atoms with E-state index in [2.05, 4.69) is 0 Å². The molecule has 1 heterocycles. The molecule has 0 spiro atoms. The van der Waals surface area contributed by atoms with Gasteiger partial charge in [0.05, 0.1) is 6.61 Å². The molecular formula is C12H15FO3. The molecule has 1 aromatic rings. The van der Waals surface area contributed by atoms with E-state index in [0.717, 1.165) is 5.56 Å². The second-order valence-corrected chi connectivity index (χ2v) is 4.67. The molecule has 0 radical (unpaired) electrons. The molecule has 4 heteroatoms. The molecule has 0 N–H and O–H groups in total. The van der Waals surface area contributed by atoms with Crippen molar-refractivity contribution >= 4 is 0 Å². The first kappa shape index (κ1) is 11.5. The Labute approximate surface area is 94.1 Å². The number of hydrogen-bond acceptors (Lipinski definition) is 3. The second kappa shape index (κ2) is 3.80. The van der Waals surface area contributed by atoms with E-state index in [9.17, 15) is 4.39 Å². The molecule has 1 aliphatic heterocycles. The molecular weight excluding hydrogens is 211 g/mol. The van der Waals surface area contributed by atoms with Crippen molar-refractivity contribution in [3.05, 3.63) is 35.6 Å². The van der Waals surface area contributed by atoms with Gasteiger partial charge in [-0.2, -0.15) is 4.89 Å². The molecule has 1 aromatic carbocycles. The van der Waals surface area contributed by atoms with Crippen molar-refractivity contribution in [3.8, 4) is 0 Å². The third kappa shape index (κ3) is 2.24. The summed E-state index contributed by atoms with van der Waals surface area (Å²) in [6, 6.07) is 5.98. The smallest absolute Gasteiger partial charge is 0.225 e. The zero-order valence-corrected chi connectivity index (χ0v) is 9.62. The Morgan fingerprint density at radius 2 is 1.69 bits per heavy atom. The number of rotatable bonds is 1. The third-order valence-electron chi connectivity index (χ3n) is 2.49. The first-order valence-electron chi connectivity index (χ1n) is 5.18. The summed E-state index contributed by atoms with van der Waals surface area (Å²) in [5, 5.41) is 0. The topological polar surface area (TPSA) is 27.7 Å². The molecule has 1 atom stereocenters. The molecule has 0 amide bonds. The van der Waals surface area contributed by atoms with E-state index in [-0.39, 0.29) is 5.82 Å². The Morgan fingerprint density at radius 1 is 1.06 bits per heavy atom. The average molecular weight is 226 g/mol. The van der Waals surface area contributed by atoms with Crippen LogP contribution < -0.4 is 0 Å². The number of benzene rings is 1. The highest BCUT2D eigenvalue weighted by Gasteiger charge is 2.40. The van der Waals surface area contributed by atoms with Crippen molar-refractivity contribution in [3.63, 3.8) is 0 Å². The largest absolute Gasteiger partial charge is 0.341 e. The highest BCUT2D eigenvalue weighted by Crippen LogP contribution is 2.34. The highest BCUT2D eigenvalue weighted by molar-refractivity contribution is 5.20. The fourth-order valence-electron chi connectivity index (χ4n) is 1.44. The van der Waals surface area contributed by atoms with Gasteiger partial charge in [0.1, 0.15) is 11.4 Å². The van der Waals surface area contributed by atoms with Crippen LogP contribution in [-0.4, -0.2) is 12.2 Å². The van der Waals surface area contributed by atoms with Crippen molar-refractivity contribution < 1.29 is 18.9 Å². The first-order chi connectivity index (χ1) is 7.41. The molecule has 0 saturated carbocycles. The molecule has 0 aromatic heterocycles. The summed E-state index contributed by atoms with van der Waals surface area (Å²) in [4.78, 5) is 10.5. The lowest BCUT2D eigenvalue weighted by molar-refractivity contribution is -0.509. The lowest BCUT2D eigenvalue weighted by Gasteiger charge is -2.39. The van der Waals surface area contributed by atoms with Crippen molar-refractivity contribution in [2.24, 2.45) is 0 Å². The molecule has 2 rings (SSSR count). The van der Waals surface area contributed by atoms with E-state index in [0.29, 0.717) is 6.61 Å². The minimum absolute atomic E-state index is 0.288. The normalized spacial score (nSPS) is 29.0. The van der Waals surface area contributed by atoms with Crippen LogP contribution in [0.25, 0.3) is 0 Å². The van der Waals surface area contributed by atoms with Gasteiger partial charge in [-0.3, -0.25) is 0 Å². The lowest BCUT2D eigenvalue weighted by Crippen LogP contribution is -2.45. The van der Waals surface area contributed by atoms with Crippen LogP contribution in [0.5, 0.6) is 0 Å². The summed E-state index contributed by atoms with van der Waals surface area (Å²) < 4.78 is 18.4. The second-order valence-electron chi connectivity index (χ2n) is 4.67. The van der Waals surface area contributed by atoms with Crippen LogP contribution in [-0.2, 0) is 20.3 Å². The van der Waals surface area contributed by atoms with E-state index >= 15 is 0 Å². The van der Waals surface area contributed by atoms with Gasteiger partial charge in [0.2, 0.25) is 5.79 Å². The zero-order valence-electron chi connectivity index (χ0n) is 9.62. The maximum absolute atomic E-state index is 12.8. The molecule has 0 aliphatic carbocycles. The quantitative estimate of drug-likeness (QED) is 0.689. The van der Waals surface area contributed by atoms with E-state index in [1.807, 2.05) is 13.8 Å². The van der Waals surface area contributed by atoms with Gasteiger partial charge < -0.3 is 4.74 Å². The summed E-state index contributed by atoms with van der Waals surface area (Å²) in [7, 11) is 0. The van der Waals surface area contributed by atoms with Gasteiger partial charge in [-0.1, -0.05) is 12.1 Å². The summed E-state index contributed by atoms with van der Waals surface area (Å²) in [6.45, 7) is 5.91. The SMILES string of the molecule is CC1(C)COC(C)(c2ccc(F)cc2)OO1. The van der Waals surface area contributed by atoms with Crippen LogP contribution in [0.1, 0.15) is 26.3 Å². The van der Waals surface area contributed by atoms with Gasteiger partial charge in [-0.15, -0.1) is 0 Å². The van der Waals surface area contributed by atoms with Crippen molar-refractivity contribution in [1.29, 1.82) is 0 Å². The minimum Gasteiger partial charge on any atom is -0.341 e. The molecule has 16 heavy (non-hydrogen) atoms. The predicted molar refractivity (Wildman–Crippen MR) is 56.0 cm³/mol. The lowest BCUT2D eigenvalue weighted by atomic mass is 10.1. The monoisotopic (exact) mass is 226 g/mol. The van der Waals surface area contributed by atoms with Crippen molar-refractivity contribution in [2.45, 2.75) is 32.2 Å². The Kier molecular flexibility index (Phi) is 2.74. The maximum Gasteiger partial charge on any atom is 0.225 e. The highest BCUT2D eigenvalue weighted by atomic mass is 19.1. The van der Waals surface area contributed by atoms with Crippen LogP contribution >= 0.6 is 0 Å². The molecule has 1 saturated heterocycles. The Hall–Kier alpha value is -0.970. The van der Waals surface area contributed by atoms with Crippen molar-refractivity contribution in [2.75, 3.05) is 6.61 Å². The van der Waals surface area contributed by atoms with Gasteiger partial charge >= 0.3 is 0 Å². The van der Waals surface area contributed by atoms with Gasteiger partial charge in [0, 0.05) is 5.56 Å². The summed E-state index contributed by atoms with van der Waals surface area (Å²) in [5.41, 5.74) is 0.268. The van der Waals surface area contributed by atoms with Crippen molar-refractivity contribution in [1.82, 2.24) is 0 Å². The van der Waals surface area contributed by atoms with E-state index in [4.69, 9.17) is 14.5 Å². The fourth-order valence-corrected chi connectivity index (χ4v) is 1.44. The first-order valence-corrected chi connectivity index (χ1v) is 5.18. The number of ether oxygens (including phenoxy) is 1. The molecule has 0 bridgehead atoms. The number of halogens is 1. The molecule has 1 aliphatic rings. The average Bonchev–Trinajstić information content (AvgIpc) is 2.24. The zero-order chi connectivity index (χ0) is 11.8. The van der Waals surface area contributed by atoms with Gasteiger partial charge in [0.15, 0.2) is 0 Å². The summed E-state index contributed by atoms with van der Waals surface area (Å²) in [6.07, 6.45) is 0. The minimum atomic E-state index is -0.969. The fraction of sp³-hybridized carbons (Fsp3) is 0.500. The van der Waals surface area contributed by atoms with Crippen LogP contribution in [0, 0.1) is 5.82 Å². The Morgan fingerprint density at radius 3 is 2.19 bits per heavy atom. The van der Waals surface area contributed by atoms with E-state index < -0.39 is 11.4 Å². The van der Waals surface area contributed by atoms with Gasteiger partial charge in [-0.05, 0) is 32.9 Å². The Bertz CT molecular complexity index is 362. The maximum atomic E-state index is 12.8. The summed E-state index contributed by atoms with van der Waals surface area (Å²) >= 11 is 0. The Balaban J connectivity index is 2.18. The van der Waals surface area contributed by atoms with Crippen LogP contribution in [0.4, 0.5) is 4.39 Å². The molecule has 88 valence electrons. The van der Waals surface area contributed by atoms with Crippen LogP contribution in [0.3, 0.4) is 0 Å².